The lowest BCUT2D eigenvalue weighted by Crippen LogP contribution is -2.55. The number of imidazole rings is 1. The number of nitrogens with one attached hydrogen (secondary N) is 4. The van der Waals surface area contributed by atoms with Crippen LogP contribution in [0, 0.1) is 0 Å². The zero-order valence-electron chi connectivity index (χ0n) is 15.7. The summed E-state index contributed by atoms with van der Waals surface area (Å²) in [7, 11) is 0. The monoisotopic (exact) mass is 412 g/mol. The van der Waals surface area contributed by atoms with Gasteiger partial charge in [-0.2, -0.15) is 0 Å². The molecule has 0 aliphatic rings. The van der Waals surface area contributed by atoms with Gasteiger partial charge in [-0.15, -0.1) is 0 Å². The zero-order valence-corrected chi connectivity index (χ0v) is 15.7. The van der Waals surface area contributed by atoms with E-state index in [4.69, 9.17) is 15.9 Å². The molecule has 13 heteroatoms. The first kappa shape index (κ1) is 23.6. The molecule has 0 bridgehead atoms. The number of amides is 3. The van der Waals surface area contributed by atoms with Crippen LogP contribution in [0.2, 0.25) is 0 Å². The van der Waals surface area contributed by atoms with Crippen molar-refractivity contribution in [1.82, 2.24) is 25.9 Å². The van der Waals surface area contributed by atoms with Crippen molar-refractivity contribution < 1.29 is 34.2 Å². The summed E-state index contributed by atoms with van der Waals surface area (Å²) in [4.78, 5) is 64.6. The summed E-state index contributed by atoms with van der Waals surface area (Å²) in [6, 6.07) is -3.62. The van der Waals surface area contributed by atoms with E-state index in [2.05, 4.69) is 25.9 Å². The highest BCUT2D eigenvalue weighted by molar-refractivity contribution is 5.93. The van der Waals surface area contributed by atoms with Gasteiger partial charge in [0.05, 0.1) is 12.9 Å². The number of hydrogen-bond donors (Lipinski definition) is 7. The third-order valence-corrected chi connectivity index (χ3v) is 3.83. The number of aromatic nitrogens is 2. The Bertz CT molecular complexity index is 736. The number of hydrogen-bond acceptors (Lipinski definition) is 7. The molecule has 3 unspecified atom stereocenters. The van der Waals surface area contributed by atoms with Crippen LogP contribution in [0.3, 0.4) is 0 Å². The van der Waals surface area contributed by atoms with Crippen molar-refractivity contribution in [3.8, 4) is 0 Å². The Kier molecular flexibility index (Phi) is 9.25. The Morgan fingerprint density at radius 2 is 1.79 bits per heavy atom. The van der Waals surface area contributed by atoms with Crippen LogP contribution < -0.4 is 21.7 Å². The minimum atomic E-state index is -1.42. The lowest BCUT2D eigenvalue weighted by molar-refractivity contribution is -0.143. The zero-order chi connectivity index (χ0) is 22.0. The summed E-state index contributed by atoms with van der Waals surface area (Å²) >= 11 is 0. The number of nitrogens with two attached hydrogens (primary N) is 1. The highest BCUT2D eigenvalue weighted by Gasteiger charge is 2.27. The smallest absolute Gasteiger partial charge is 0.326 e. The second kappa shape index (κ2) is 11.4. The number of carboxylic acid groups (broad SMARTS) is 2. The molecule has 0 fully saturated rings. The maximum absolute atomic E-state index is 12.5. The summed E-state index contributed by atoms with van der Waals surface area (Å²) in [5, 5.41) is 24.7. The Balaban J connectivity index is 2.73. The number of carbonyl (C=O) groups is 5. The van der Waals surface area contributed by atoms with Gasteiger partial charge in [0.2, 0.25) is 17.7 Å². The molecule has 1 rings (SSSR count). The van der Waals surface area contributed by atoms with Gasteiger partial charge in [0.25, 0.3) is 0 Å². The number of aliphatic carboxylic acids is 2. The van der Waals surface area contributed by atoms with Crippen LogP contribution >= 0.6 is 0 Å². The van der Waals surface area contributed by atoms with Crippen molar-refractivity contribution in [3.05, 3.63) is 18.2 Å². The van der Waals surface area contributed by atoms with Gasteiger partial charge in [-0.05, 0) is 13.3 Å². The largest absolute Gasteiger partial charge is 0.481 e. The summed E-state index contributed by atoms with van der Waals surface area (Å²) in [5.41, 5.74) is 5.81. The van der Waals surface area contributed by atoms with Gasteiger partial charge >= 0.3 is 11.9 Å². The van der Waals surface area contributed by atoms with E-state index in [1.54, 1.807) is 0 Å². The van der Waals surface area contributed by atoms with E-state index in [9.17, 15) is 24.0 Å². The molecule has 13 nitrogen and oxygen atoms in total. The summed E-state index contributed by atoms with van der Waals surface area (Å²) in [5.74, 6) is -4.70. The molecule has 0 aliphatic heterocycles. The van der Waals surface area contributed by atoms with Crippen molar-refractivity contribution in [2.45, 2.75) is 44.3 Å². The van der Waals surface area contributed by atoms with Gasteiger partial charge in [0, 0.05) is 24.7 Å². The number of carboxylic acids is 2. The molecule has 1 aromatic rings. The predicted octanol–water partition coefficient (Wildman–Crippen LogP) is -2.67. The van der Waals surface area contributed by atoms with Crippen LogP contribution in [0.15, 0.2) is 12.5 Å². The third-order valence-electron chi connectivity index (χ3n) is 3.83. The Labute approximate surface area is 165 Å². The second-order valence-corrected chi connectivity index (χ2v) is 6.17. The van der Waals surface area contributed by atoms with Crippen molar-refractivity contribution >= 4 is 29.7 Å². The number of carbonyl (C=O) groups excluding carboxylic acids is 3. The molecular formula is C16H24N6O7. The molecule has 0 spiro atoms. The van der Waals surface area contributed by atoms with Crippen LogP contribution in [-0.2, 0) is 30.4 Å². The molecule has 0 radical (unpaired) electrons. The number of H-pyrrole nitrogens is 1. The van der Waals surface area contributed by atoms with Gasteiger partial charge < -0.3 is 36.9 Å². The first-order valence-corrected chi connectivity index (χ1v) is 8.66. The van der Waals surface area contributed by atoms with Crippen molar-refractivity contribution in [3.63, 3.8) is 0 Å². The predicted molar refractivity (Wildman–Crippen MR) is 97.3 cm³/mol. The molecule has 1 aromatic heterocycles. The van der Waals surface area contributed by atoms with Gasteiger partial charge in [-0.1, -0.05) is 0 Å². The van der Waals surface area contributed by atoms with Crippen LogP contribution in [-0.4, -0.2) is 74.5 Å². The average Bonchev–Trinajstić information content (AvgIpc) is 3.16. The van der Waals surface area contributed by atoms with E-state index in [1.165, 1.54) is 19.4 Å². The van der Waals surface area contributed by atoms with Gasteiger partial charge in [-0.25, -0.2) is 9.78 Å². The minimum Gasteiger partial charge on any atom is -0.481 e. The quantitative estimate of drug-likeness (QED) is 0.190. The number of aromatic amines is 1. The topological polar surface area (TPSA) is 217 Å². The van der Waals surface area contributed by atoms with E-state index in [-0.39, 0.29) is 19.4 Å². The first-order valence-electron chi connectivity index (χ1n) is 8.66. The van der Waals surface area contributed by atoms with Crippen molar-refractivity contribution in [2.75, 3.05) is 6.54 Å². The van der Waals surface area contributed by atoms with Gasteiger partial charge in [0.15, 0.2) is 0 Å². The fraction of sp³-hybridized carbons (Fsp3) is 0.500. The molecule has 0 aromatic carbocycles. The van der Waals surface area contributed by atoms with Crippen LogP contribution in [0.1, 0.15) is 25.5 Å². The molecular weight excluding hydrogens is 388 g/mol. The Morgan fingerprint density at radius 1 is 1.10 bits per heavy atom. The third kappa shape index (κ3) is 8.38. The fourth-order valence-electron chi connectivity index (χ4n) is 2.28. The van der Waals surface area contributed by atoms with Crippen molar-refractivity contribution in [2.24, 2.45) is 5.73 Å². The Hall–Kier alpha value is -3.48. The summed E-state index contributed by atoms with van der Waals surface area (Å²) in [6.07, 6.45) is 2.16. The standard InChI is InChI=1S/C16H24N6O7/c1-8(14(26)22-10(16(28)29)2-3-13(24)25)20-15(27)11(21-12(23)5-17)4-9-6-18-7-19-9/h6-8,10-11H,2-5,17H2,1H3,(H,18,19)(H,20,27)(H,21,23)(H,22,26)(H,24,25)(H,28,29). The lowest BCUT2D eigenvalue weighted by atomic mass is 10.1. The Morgan fingerprint density at radius 3 is 2.31 bits per heavy atom. The number of rotatable bonds is 12. The maximum atomic E-state index is 12.5. The minimum absolute atomic E-state index is 0.0578. The first-order chi connectivity index (χ1) is 13.6. The highest BCUT2D eigenvalue weighted by atomic mass is 16.4. The summed E-state index contributed by atoms with van der Waals surface area (Å²) < 4.78 is 0. The van der Waals surface area contributed by atoms with Crippen molar-refractivity contribution in [1.29, 1.82) is 0 Å². The maximum Gasteiger partial charge on any atom is 0.326 e. The second-order valence-electron chi connectivity index (χ2n) is 6.17. The molecule has 3 atom stereocenters. The molecule has 0 saturated heterocycles. The molecule has 29 heavy (non-hydrogen) atoms. The molecule has 160 valence electrons. The number of nitrogens with zero attached hydrogens (tertiary/aromatic N) is 1. The van der Waals surface area contributed by atoms with E-state index in [0.717, 1.165) is 0 Å². The lowest BCUT2D eigenvalue weighted by Gasteiger charge is -2.22. The van der Waals surface area contributed by atoms with Crippen LogP contribution in [0.4, 0.5) is 0 Å². The normalized spacial score (nSPS) is 13.6. The molecule has 0 saturated carbocycles. The van der Waals surface area contributed by atoms with Gasteiger partial charge in [-0.3, -0.25) is 19.2 Å². The van der Waals surface area contributed by atoms with Gasteiger partial charge in [0.1, 0.15) is 18.1 Å². The molecule has 3 amide bonds. The molecule has 1 heterocycles. The van der Waals surface area contributed by atoms with E-state index in [1.807, 2.05) is 0 Å². The fourth-order valence-corrected chi connectivity index (χ4v) is 2.28. The summed E-state index contributed by atoms with van der Waals surface area (Å²) in [6.45, 7) is 0.980. The SMILES string of the molecule is CC(NC(=O)C(Cc1cnc[nH]1)NC(=O)CN)C(=O)NC(CCC(=O)O)C(=O)O. The van der Waals surface area contributed by atoms with E-state index >= 15 is 0 Å². The van der Waals surface area contributed by atoms with E-state index < -0.39 is 54.2 Å². The highest BCUT2D eigenvalue weighted by Crippen LogP contribution is 2.02. The molecule has 8 N–H and O–H groups in total. The van der Waals surface area contributed by atoms with Crippen LogP contribution in [0.5, 0.6) is 0 Å². The molecule has 0 aliphatic carbocycles. The average molecular weight is 412 g/mol. The van der Waals surface area contributed by atoms with Crippen LogP contribution in [0.25, 0.3) is 0 Å². The van der Waals surface area contributed by atoms with E-state index in [0.29, 0.717) is 5.69 Å².